The van der Waals surface area contributed by atoms with Crippen molar-refractivity contribution >= 4 is 17.8 Å². The monoisotopic (exact) mass is 496 g/mol. The maximum Gasteiger partial charge on any atom is 0.332 e. The van der Waals surface area contributed by atoms with E-state index in [4.69, 9.17) is 9.15 Å². The molecule has 0 bridgehead atoms. The van der Waals surface area contributed by atoms with E-state index in [1.165, 1.54) is 0 Å². The van der Waals surface area contributed by atoms with Gasteiger partial charge in [-0.15, -0.1) is 0 Å². The smallest absolute Gasteiger partial charge is 0.332 e. The van der Waals surface area contributed by atoms with Crippen molar-refractivity contribution in [2.45, 2.75) is 44.4 Å². The summed E-state index contributed by atoms with van der Waals surface area (Å²) in [6.45, 7) is 2.05. The van der Waals surface area contributed by atoms with Crippen LogP contribution in [0, 0.1) is 0 Å². The molecule has 2 heterocycles. The first-order valence-electron chi connectivity index (χ1n) is 12.3. The molecule has 188 valence electrons. The second-order valence-corrected chi connectivity index (χ2v) is 9.26. The van der Waals surface area contributed by atoms with Crippen molar-refractivity contribution in [2.75, 3.05) is 0 Å². The first kappa shape index (κ1) is 24.5. The lowest BCUT2D eigenvalue weighted by atomic mass is 9.74. The van der Waals surface area contributed by atoms with Gasteiger partial charge < -0.3 is 18.8 Å². The molecule has 0 aliphatic heterocycles. The van der Waals surface area contributed by atoms with E-state index < -0.39 is 17.7 Å². The van der Waals surface area contributed by atoms with Crippen LogP contribution in [-0.4, -0.2) is 32.5 Å². The van der Waals surface area contributed by atoms with Gasteiger partial charge >= 0.3 is 5.97 Å². The number of furan rings is 1. The van der Waals surface area contributed by atoms with E-state index in [1.807, 2.05) is 65.3 Å². The summed E-state index contributed by atoms with van der Waals surface area (Å²) in [6, 6.07) is 19.0. The molecule has 1 atom stereocenters. The zero-order valence-electron chi connectivity index (χ0n) is 20.5. The van der Waals surface area contributed by atoms with Gasteiger partial charge in [0, 0.05) is 30.1 Å². The van der Waals surface area contributed by atoms with Crippen molar-refractivity contribution in [3.8, 4) is 11.3 Å². The first-order valence-corrected chi connectivity index (χ1v) is 12.3. The van der Waals surface area contributed by atoms with Gasteiger partial charge in [-0.2, -0.15) is 0 Å². The number of imidazole rings is 1. The van der Waals surface area contributed by atoms with Crippen molar-refractivity contribution in [3.63, 3.8) is 0 Å². The Bertz CT molecular complexity index is 1410. The van der Waals surface area contributed by atoms with Gasteiger partial charge in [0.2, 0.25) is 5.78 Å². The second-order valence-electron chi connectivity index (χ2n) is 9.26. The molecule has 1 aliphatic rings. The van der Waals surface area contributed by atoms with Crippen LogP contribution < -0.4 is 0 Å². The lowest BCUT2D eigenvalue weighted by molar-refractivity contribution is -0.177. The summed E-state index contributed by atoms with van der Waals surface area (Å²) >= 11 is 0. The zero-order valence-corrected chi connectivity index (χ0v) is 20.5. The maximum absolute atomic E-state index is 13.1. The molecule has 4 aromatic rings. The third kappa shape index (κ3) is 5.17. The van der Waals surface area contributed by atoms with Crippen LogP contribution in [0.5, 0.6) is 0 Å². The number of allylic oxidation sites excluding steroid dienone is 1. The predicted octanol–water partition coefficient (Wildman–Crippen LogP) is 5.96. The molecule has 2 aromatic carbocycles. The van der Waals surface area contributed by atoms with Crippen LogP contribution in [0.4, 0.5) is 0 Å². The molecule has 2 aromatic heterocycles. The van der Waals surface area contributed by atoms with Crippen LogP contribution in [0.15, 0.2) is 89.8 Å². The minimum atomic E-state index is -0.957. The lowest BCUT2D eigenvalue weighted by Gasteiger charge is -2.43. The highest BCUT2D eigenvalue weighted by Crippen LogP contribution is 2.45. The molecular weight excluding hydrogens is 468 g/mol. The van der Waals surface area contributed by atoms with Gasteiger partial charge in [0.05, 0.1) is 11.9 Å². The molecule has 1 N–H and O–H groups in total. The number of hydrogen-bond donors (Lipinski definition) is 1. The standard InChI is InChI=1S/C30H28N2O5/c1-21(29(34)35)37-30(14-5-15-30)25-8-2-6-22(20-25)7-3-17-32-18-16-31-28(32)27(33)24-12-10-23(11-13-24)26-9-4-19-36-26/h2-4,6-13,16,18-21H,5,14-15,17H2,1H3,(H,34,35)/b7-3+/t21-/m1/s1. The number of ketones is 1. The summed E-state index contributed by atoms with van der Waals surface area (Å²) in [5.74, 6) is 0.0130. The molecule has 1 aliphatic carbocycles. The number of rotatable bonds is 10. The number of carbonyl (C=O) groups excluding carboxylic acids is 1. The van der Waals surface area contributed by atoms with E-state index in [1.54, 1.807) is 37.7 Å². The largest absolute Gasteiger partial charge is 0.479 e. The van der Waals surface area contributed by atoms with Gasteiger partial charge in [-0.1, -0.05) is 54.6 Å². The number of hydrogen-bond acceptors (Lipinski definition) is 5. The third-order valence-corrected chi connectivity index (χ3v) is 6.81. The van der Waals surface area contributed by atoms with Gasteiger partial charge in [0.15, 0.2) is 11.9 Å². The van der Waals surface area contributed by atoms with Gasteiger partial charge in [-0.3, -0.25) is 4.79 Å². The highest BCUT2D eigenvalue weighted by molar-refractivity contribution is 6.06. The van der Waals surface area contributed by atoms with Crippen molar-refractivity contribution in [2.24, 2.45) is 0 Å². The fourth-order valence-corrected chi connectivity index (χ4v) is 4.61. The molecule has 7 nitrogen and oxygen atoms in total. The molecule has 1 fully saturated rings. The third-order valence-electron chi connectivity index (χ3n) is 6.81. The molecule has 7 heteroatoms. The Morgan fingerprint density at radius 2 is 1.97 bits per heavy atom. The molecule has 37 heavy (non-hydrogen) atoms. The number of nitrogens with zero attached hydrogens (tertiary/aromatic N) is 2. The van der Waals surface area contributed by atoms with Crippen LogP contribution in [0.1, 0.15) is 53.5 Å². The summed E-state index contributed by atoms with van der Waals surface area (Å²) < 4.78 is 13.2. The van der Waals surface area contributed by atoms with E-state index in [2.05, 4.69) is 4.98 Å². The molecular formula is C30H28N2O5. The average Bonchev–Trinajstić information content (AvgIpc) is 3.59. The Labute approximate surface area is 215 Å². The summed E-state index contributed by atoms with van der Waals surface area (Å²) in [5, 5.41) is 9.29. The van der Waals surface area contributed by atoms with Crippen molar-refractivity contribution in [1.29, 1.82) is 0 Å². The van der Waals surface area contributed by atoms with E-state index in [-0.39, 0.29) is 5.78 Å². The van der Waals surface area contributed by atoms with Gasteiger partial charge in [-0.25, -0.2) is 9.78 Å². The second kappa shape index (κ2) is 10.4. The van der Waals surface area contributed by atoms with Crippen LogP contribution in [0.2, 0.25) is 0 Å². The number of aliphatic carboxylic acids is 1. The van der Waals surface area contributed by atoms with E-state index in [9.17, 15) is 14.7 Å². The van der Waals surface area contributed by atoms with E-state index >= 15 is 0 Å². The van der Waals surface area contributed by atoms with Crippen LogP contribution >= 0.6 is 0 Å². The molecule has 0 unspecified atom stereocenters. The van der Waals surface area contributed by atoms with E-state index in [0.29, 0.717) is 17.9 Å². The number of benzene rings is 2. The Kier molecular flexibility index (Phi) is 6.88. The SMILES string of the molecule is C[C@@H](OC1(c2cccc(/C=C/Cn3ccnc3C(=O)c3ccc(-c4ccco4)cc3)c2)CCC1)C(=O)O. The summed E-state index contributed by atoms with van der Waals surface area (Å²) in [7, 11) is 0. The Balaban J connectivity index is 1.27. The van der Waals surface area contributed by atoms with Crippen molar-refractivity contribution in [1.82, 2.24) is 9.55 Å². The fraction of sp³-hybridized carbons (Fsp3) is 0.233. The van der Waals surface area contributed by atoms with Gasteiger partial charge in [0.1, 0.15) is 5.76 Å². The molecule has 0 amide bonds. The highest BCUT2D eigenvalue weighted by Gasteiger charge is 2.42. The normalized spacial score (nSPS) is 15.4. The summed E-state index contributed by atoms with van der Waals surface area (Å²) in [6.07, 6.45) is 10.8. The molecule has 0 radical (unpaired) electrons. The molecule has 0 spiro atoms. The van der Waals surface area contributed by atoms with Crippen LogP contribution in [0.3, 0.4) is 0 Å². The van der Waals surface area contributed by atoms with Gasteiger partial charge in [-0.05, 0) is 55.5 Å². The van der Waals surface area contributed by atoms with Gasteiger partial charge in [0.25, 0.3) is 0 Å². The fourth-order valence-electron chi connectivity index (χ4n) is 4.61. The minimum Gasteiger partial charge on any atom is -0.479 e. The van der Waals surface area contributed by atoms with Crippen LogP contribution in [0.25, 0.3) is 17.4 Å². The Morgan fingerprint density at radius 1 is 1.16 bits per heavy atom. The number of carbonyl (C=O) groups is 2. The van der Waals surface area contributed by atoms with Crippen molar-refractivity contribution < 1.29 is 23.8 Å². The predicted molar refractivity (Wildman–Crippen MR) is 139 cm³/mol. The molecule has 5 rings (SSSR count). The number of aromatic nitrogens is 2. The maximum atomic E-state index is 13.1. The lowest BCUT2D eigenvalue weighted by Crippen LogP contribution is -2.42. The highest BCUT2D eigenvalue weighted by atomic mass is 16.5. The van der Waals surface area contributed by atoms with Crippen LogP contribution in [-0.2, 0) is 21.7 Å². The molecule has 0 saturated heterocycles. The first-order chi connectivity index (χ1) is 17.9. The summed E-state index contributed by atoms with van der Waals surface area (Å²) in [4.78, 5) is 28.7. The van der Waals surface area contributed by atoms with E-state index in [0.717, 1.165) is 41.7 Å². The zero-order chi connectivity index (χ0) is 25.8. The molecule has 1 saturated carbocycles. The Hall–Kier alpha value is -4.23. The quantitative estimate of drug-likeness (QED) is 0.272. The topological polar surface area (TPSA) is 94.6 Å². The Morgan fingerprint density at radius 3 is 2.65 bits per heavy atom. The minimum absolute atomic E-state index is 0.150. The van der Waals surface area contributed by atoms with Crippen molar-refractivity contribution in [3.05, 3.63) is 108 Å². The number of carboxylic acids is 1. The average molecular weight is 497 g/mol. The number of carboxylic acid groups (broad SMARTS) is 1. The summed E-state index contributed by atoms with van der Waals surface area (Å²) in [5.41, 5.74) is 2.89. The number of ether oxygens (including phenoxy) is 1.